The van der Waals surface area contributed by atoms with Crippen molar-refractivity contribution in [3.05, 3.63) is 199 Å². The number of hydrogen-bond acceptors (Lipinski definition) is 2. The third kappa shape index (κ3) is 6.60. The van der Waals surface area contributed by atoms with Gasteiger partial charge in [0.15, 0.2) is 0 Å². The maximum Gasteiger partial charge on any atom is 0.0458 e. The van der Waals surface area contributed by atoms with Crippen LogP contribution in [0.5, 0.6) is 0 Å². The molecule has 0 saturated heterocycles. The van der Waals surface area contributed by atoms with Gasteiger partial charge in [0.05, 0.1) is 0 Å². The highest BCUT2D eigenvalue weighted by atomic mass is 32.1. The molecule has 0 bridgehead atoms. The summed E-state index contributed by atoms with van der Waals surface area (Å²) >= 11 is 1.89. The van der Waals surface area contributed by atoms with Gasteiger partial charge in [-0.25, -0.2) is 0 Å². The fourth-order valence-corrected chi connectivity index (χ4v) is 8.58. The van der Waals surface area contributed by atoms with E-state index in [9.17, 15) is 0 Å². The van der Waals surface area contributed by atoms with Crippen LogP contribution in [-0.4, -0.2) is 0 Å². The van der Waals surface area contributed by atoms with Gasteiger partial charge in [0, 0.05) is 37.2 Å². The third-order valence-electron chi connectivity index (χ3n) is 9.99. The number of nitrogens with zero attached hydrogens (tertiary/aromatic N) is 1. The van der Waals surface area contributed by atoms with Gasteiger partial charge in [0.1, 0.15) is 0 Å². The fourth-order valence-electron chi connectivity index (χ4n) is 7.34. The number of rotatable bonds is 9. The molecule has 0 N–H and O–H groups in total. The van der Waals surface area contributed by atoms with Gasteiger partial charge in [0.25, 0.3) is 0 Å². The summed E-state index contributed by atoms with van der Waals surface area (Å²) in [5.74, 6) is 0.424. The minimum atomic E-state index is 0.424. The van der Waals surface area contributed by atoms with Gasteiger partial charge < -0.3 is 4.90 Å². The van der Waals surface area contributed by atoms with Crippen molar-refractivity contribution in [1.82, 2.24) is 0 Å². The van der Waals surface area contributed by atoms with E-state index in [4.69, 9.17) is 0 Å². The lowest BCUT2D eigenvalue weighted by atomic mass is 9.90. The van der Waals surface area contributed by atoms with Crippen LogP contribution in [0, 0.1) is 5.92 Å². The summed E-state index contributed by atoms with van der Waals surface area (Å²) in [7, 11) is 0. The molecule has 0 aliphatic heterocycles. The van der Waals surface area contributed by atoms with Crippen molar-refractivity contribution < 1.29 is 0 Å². The number of benzene rings is 4. The van der Waals surface area contributed by atoms with Gasteiger partial charge in [-0.1, -0.05) is 140 Å². The number of fused-ring (bicyclic) bond motifs is 3. The predicted molar refractivity (Wildman–Crippen MR) is 219 cm³/mol. The maximum atomic E-state index is 3.74. The summed E-state index contributed by atoms with van der Waals surface area (Å²) in [6.07, 6.45) is 33.9. The van der Waals surface area contributed by atoms with Crippen molar-refractivity contribution in [3.8, 4) is 11.1 Å². The van der Waals surface area contributed by atoms with Crippen molar-refractivity contribution in [2.24, 2.45) is 5.92 Å². The lowest BCUT2D eigenvalue weighted by Crippen LogP contribution is -2.18. The van der Waals surface area contributed by atoms with Crippen molar-refractivity contribution in [2.45, 2.75) is 32.1 Å². The monoisotopic (exact) mass is 663 g/mol. The molecule has 1 atom stereocenters. The van der Waals surface area contributed by atoms with Crippen LogP contribution in [0.4, 0.5) is 11.4 Å². The molecule has 0 radical (unpaired) electrons. The molecule has 5 aromatic rings. The number of anilines is 2. The van der Waals surface area contributed by atoms with Crippen molar-refractivity contribution in [2.75, 3.05) is 4.90 Å². The topological polar surface area (TPSA) is 3.24 Å². The Hall–Kier alpha value is -5.44. The van der Waals surface area contributed by atoms with Crippen LogP contribution in [-0.2, 0) is 0 Å². The molecule has 0 spiro atoms. The van der Waals surface area contributed by atoms with Crippen molar-refractivity contribution in [1.29, 1.82) is 0 Å². The second-order valence-corrected chi connectivity index (χ2v) is 14.2. The number of allylic oxidation sites excluding steroid dienone is 17. The van der Waals surface area contributed by atoms with Crippen LogP contribution in [0.2, 0.25) is 0 Å². The van der Waals surface area contributed by atoms with Crippen LogP contribution in [0.1, 0.15) is 37.7 Å². The van der Waals surface area contributed by atoms with Crippen LogP contribution in [0.25, 0.3) is 36.9 Å². The normalized spacial score (nSPS) is 17.6. The Morgan fingerprint density at radius 1 is 0.700 bits per heavy atom. The third-order valence-corrected chi connectivity index (χ3v) is 11.2. The SMILES string of the molecule is C=C/C=C\C=C\C1C=CC(c2ccc(N(C3=CC=C(C4=CC=CCC4)CC3)c3ccc(-c4cccc5c4sc4ccccc45)cc3)cc2)=CC1. The maximum absolute atomic E-state index is 3.74. The minimum absolute atomic E-state index is 0.424. The molecule has 1 aromatic heterocycles. The summed E-state index contributed by atoms with van der Waals surface area (Å²) in [5, 5.41) is 2.67. The Kier molecular flexibility index (Phi) is 9.28. The van der Waals surface area contributed by atoms with Crippen LogP contribution < -0.4 is 4.90 Å². The molecule has 1 unspecified atom stereocenters. The second kappa shape index (κ2) is 14.6. The molecule has 1 nitrogen and oxygen atoms in total. The van der Waals surface area contributed by atoms with E-state index in [0.29, 0.717) is 5.92 Å². The van der Waals surface area contributed by atoms with E-state index < -0.39 is 0 Å². The molecule has 0 fully saturated rings. The summed E-state index contributed by atoms with van der Waals surface area (Å²) < 4.78 is 2.69. The van der Waals surface area contributed by atoms with E-state index >= 15 is 0 Å². The predicted octanol–water partition coefficient (Wildman–Crippen LogP) is 14.0. The van der Waals surface area contributed by atoms with Gasteiger partial charge in [-0.2, -0.15) is 0 Å². The minimum Gasteiger partial charge on any atom is -0.314 e. The number of hydrogen-bond donors (Lipinski definition) is 0. The summed E-state index contributed by atoms with van der Waals surface area (Å²) in [6, 6.07) is 33.8. The molecule has 244 valence electrons. The first-order valence-electron chi connectivity index (χ1n) is 17.8. The first-order chi connectivity index (χ1) is 24.7. The molecular formula is C48H41NS. The van der Waals surface area contributed by atoms with E-state index in [1.807, 2.05) is 23.5 Å². The van der Waals surface area contributed by atoms with E-state index in [-0.39, 0.29) is 0 Å². The summed E-state index contributed by atoms with van der Waals surface area (Å²) in [4.78, 5) is 2.46. The van der Waals surface area contributed by atoms with Crippen LogP contribution in [0.15, 0.2) is 193 Å². The van der Waals surface area contributed by atoms with E-state index in [1.165, 1.54) is 70.7 Å². The van der Waals surface area contributed by atoms with Crippen molar-refractivity contribution >= 4 is 48.5 Å². The fraction of sp³-hybridized carbons (Fsp3) is 0.125. The standard InChI is InChI=1S/C48H41NS/c1-2-3-4-6-12-35-19-21-37(22-20-35)39-25-31-42(32-26-39)49(41-29-23-38(24-30-41)36-13-7-5-8-14-36)43-33-27-40(28-34-43)44-16-11-17-46-45-15-9-10-18-47(45)50-48(44)46/h2-7,9-13,15-19,21-23,25-29,31-35H,1,8,14,20,24,30H2/b4-3-,12-6+. The molecule has 0 amide bonds. The molecule has 4 aromatic carbocycles. The molecule has 3 aliphatic carbocycles. The highest BCUT2D eigenvalue weighted by Crippen LogP contribution is 2.42. The van der Waals surface area contributed by atoms with E-state index in [2.05, 4.69) is 163 Å². The Bertz CT molecular complexity index is 2290. The highest BCUT2D eigenvalue weighted by molar-refractivity contribution is 7.26. The number of thiophene rings is 1. The zero-order chi connectivity index (χ0) is 33.7. The zero-order valence-electron chi connectivity index (χ0n) is 28.3. The second-order valence-electron chi connectivity index (χ2n) is 13.1. The highest BCUT2D eigenvalue weighted by Gasteiger charge is 2.20. The quantitative estimate of drug-likeness (QED) is 0.142. The van der Waals surface area contributed by atoms with E-state index in [0.717, 1.165) is 32.1 Å². The molecule has 50 heavy (non-hydrogen) atoms. The van der Waals surface area contributed by atoms with Gasteiger partial charge in [0.2, 0.25) is 0 Å². The molecular weight excluding hydrogens is 623 g/mol. The smallest absolute Gasteiger partial charge is 0.0458 e. The summed E-state index contributed by atoms with van der Waals surface area (Å²) in [5.41, 5.74) is 11.7. The molecule has 0 saturated carbocycles. The van der Waals surface area contributed by atoms with Gasteiger partial charge in [-0.05, 0) is 108 Å². The van der Waals surface area contributed by atoms with Gasteiger partial charge in [-0.3, -0.25) is 0 Å². The average Bonchev–Trinajstić information content (AvgIpc) is 3.57. The Labute approximate surface area is 300 Å². The van der Waals surface area contributed by atoms with E-state index in [1.54, 1.807) is 6.08 Å². The van der Waals surface area contributed by atoms with Crippen molar-refractivity contribution in [3.63, 3.8) is 0 Å². The molecule has 3 aliphatic rings. The Morgan fingerprint density at radius 3 is 2.20 bits per heavy atom. The molecule has 8 rings (SSSR count). The average molecular weight is 664 g/mol. The molecule has 1 heterocycles. The lowest BCUT2D eigenvalue weighted by Gasteiger charge is -2.30. The van der Waals surface area contributed by atoms with Crippen LogP contribution in [0.3, 0.4) is 0 Å². The first kappa shape index (κ1) is 31.8. The van der Waals surface area contributed by atoms with Crippen LogP contribution >= 0.6 is 11.3 Å². The molecule has 2 heteroatoms. The Balaban J connectivity index is 1.11. The summed E-state index contributed by atoms with van der Waals surface area (Å²) in [6.45, 7) is 3.74. The first-order valence-corrected chi connectivity index (χ1v) is 18.6. The largest absolute Gasteiger partial charge is 0.314 e. The Morgan fingerprint density at radius 2 is 1.48 bits per heavy atom. The van der Waals surface area contributed by atoms with Gasteiger partial charge in [-0.15, -0.1) is 11.3 Å². The lowest BCUT2D eigenvalue weighted by molar-refractivity contribution is 0.825. The van der Waals surface area contributed by atoms with Gasteiger partial charge >= 0.3 is 0 Å². The zero-order valence-corrected chi connectivity index (χ0v) is 29.2.